The average Bonchev–Trinajstić information content (AvgIpc) is 3.22. The Bertz CT molecular complexity index is 843. The highest BCUT2D eigenvalue weighted by atomic mass is 32.2. The maximum absolute atomic E-state index is 12.2. The van der Waals surface area contributed by atoms with Crippen molar-refractivity contribution in [3.8, 4) is 5.82 Å². The molecule has 3 aromatic heterocycles. The lowest BCUT2D eigenvalue weighted by Gasteiger charge is -2.15. The van der Waals surface area contributed by atoms with E-state index in [1.807, 2.05) is 56.6 Å². The van der Waals surface area contributed by atoms with E-state index in [0.29, 0.717) is 18.1 Å². The Balaban J connectivity index is 1.56. The summed E-state index contributed by atoms with van der Waals surface area (Å²) < 4.78 is 1.76. The normalized spacial score (nSPS) is 10.8. The van der Waals surface area contributed by atoms with E-state index in [-0.39, 0.29) is 5.91 Å². The van der Waals surface area contributed by atoms with Crippen molar-refractivity contribution in [1.82, 2.24) is 24.9 Å². The van der Waals surface area contributed by atoms with Crippen molar-refractivity contribution in [3.63, 3.8) is 0 Å². The van der Waals surface area contributed by atoms with Gasteiger partial charge in [-0.25, -0.2) is 4.68 Å². The summed E-state index contributed by atoms with van der Waals surface area (Å²) in [6.07, 6.45) is 0. The second kappa shape index (κ2) is 7.79. The summed E-state index contributed by atoms with van der Waals surface area (Å²) >= 11 is 3.05. The van der Waals surface area contributed by atoms with Crippen LogP contribution in [0.4, 0.5) is 0 Å². The van der Waals surface area contributed by atoms with Crippen LogP contribution >= 0.6 is 23.1 Å². The van der Waals surface area contributed by atoms with Gasteiger partial charge in [-0.15, -0.1) is 21.5 Å². The summed E-state index contributed by atoms with van der Waals surface area (Å²) in [5.74, 6) is 1.09. The number of aromatic nitrogens is 4. The Morgan fingerprint density at radius 1 is 1.28 bits per heavy atom. The zero-order valence-electron chi connectivity index (χ0n) is 14.3. The molecule has 0 fully saturated rings. The van der Waals surface area contributed by atoms with Gasteiger partial charge < -0.3 is 4.90 Å². The number of amides is 1. The topological polar surface area (TPSA) is 63.9 Å². The molecule has 3 heterocycles. The van der Waals surface area contributed by atoms with Crippen LogP contribution in [0.3, 0.4) is 0 Å². The molecule has 0 aliphatic carbocycles. The first-order valence-corrected chi connectivity index (χ1v) is 9.66. The van der Waals surface area contributed by atoms with Gasteiger partial charge in [0, 0.05) is 17.6 Å². The fourth-order valence-electron chi connectivity index (χ4n) is 2.33. The van der Waals surface area contributed by atoms with Crippen LogP contribution in [0.1, 0.15) is 16.3 Å². The van der Waals surface area contributed by atoms with E-state index >= 15 is 0 Å². The number of rotatable bonds is 6. The molecule has 3 rings (SSSR count). The molecule has 0 bridgehead atoms. The lowest BCUT2D eigenvalue weighted by atomic mass is 10.4. The molecule has 0 unspecified atom stereocenters. The Kier molecular flexibility index (Phi) is 5.50. The summed E-state index contributed by atoms with van der Waals surface area (Å²) in [6.45, 7) is 4.56. The van der Waals surface area contributed by atoms with Gasteiger partial charge in [0.15, 0.2) is 5.82 Å². The molecule has 8 heteroatoms. The van der Waals surface area contributed by atoms with Gasteiger partial charge in [0.25, 0.3) is 0 Å². The molecule has 0 radical (unpaired) electrons. The number of aryl methyl sites for hydroxylation is 2. The zero-order valence-corrected chi connectivity index (χ0v) is 16.0. The van der Waals surface area contributed by atoms with Crippen LogP contribution in [-0.4, -0.2) is 43.6 Å². The number of carbonyl (C=O) groups excluding carboxylic acids is 1. The molecule has 6 nitrogen and oxygen atoms in total. The van der Waals surface area contributed by atoms with Gasteiger partial charge in [-0.2, -0.15) is 5.10 Å². The van der Waals surface area contributed by atoms with Crippen molar-refractivity contribution >= 4 is 29.0 Å². The molecule has 0 spiro atoms. The number of nitrogens with zero attached hydrogens (tertiary/aromatic N) is 5. The van der Waals surface area contributed by atoms with Crippen molar-refractivity contribution in [1.29, 1.82) is 0 Å². The van der Waals surface area contributed by atoms with E-state index in [9.17, 15) is 4.79 Å². The molecule has 0 atom stereocenters. The van der Waals surface area contributed by atoms with Crippen LogP contribution in [0.5, 0.6) is 0 Å². The second-order valence-corrected chi connectivity index (χ2v) is 7.71. The van der Waals surface area contributed by atoms with Crippen LogP contribution in [-0.2, 0) is 11.3 Å². The third kappa shape index (κ3) is 4.46. The van der Waals surface area contributed by atoms with Gasteiger partial charge in [-0.05, 0) is 43.5 Å². The zero-order chi connectivity index (χ0) is 17.8. The lowest BCUT2D eigenvalue weighted by molar-refractivity contribution is -0.127. The van der Waals surface area contributed by atoms with E-state index in [1.165, 1.54) is 16.6 Å². The van der Waals surface area contributed by atoms with Gasteiger partial charge in [-0.1, -0.05) is 17.8 Å². The van der Waals surface area contributed by atoms with E-state index in [1.54, 1.807) is 20.9 Å². The molecule has 0 aliphatic rings. The first-order chi connectivity index (χ1) is 12.0. The van der Waals surface area contributed by atoms with Gasteiger partial charge in [0.2, 0.25) is 5.91 Å². The molecule has 130 valence electrons. The number of hydrogen-bond acceptors (Lipinski definition) is 6. The summed E-state index contributed by atoms with van der Waals surface area (Å²) in [6, 6.07) is 9.76. The van der Waals surface area contributed by atoms with Gasteiger partial charge in [0.1, 0.15) is 5.03 Å². The first-order valence-electron chi connectivity index (χ1n) is 7.79. The maximum atomic E-state index is 12.2. The average molecular weight is 374 g/mol. The molecule has 25 heavy (non-hydrogen) atoms. The van der Waals surface area contributed by atoms with Crippen molar-refractivity contribution < 1.29 is 4.79 Å². The third-order valence-corrected chi connectivity index (χ3v) is 5.36. The predicted octanol–water partition coefficient (Wildman–Crippen LogP) is 3.09. The summed E-state index contributed by atoms with van der Waals surface area (Å²) in [4.78, 5) is 15.1. The van der Waals surface area contributed by atoms with Gasteiger partial charge in [0.05, 0.1) is 18.0 Å². The predicted molar refractivity (Wildman–Crippen MR) is 100 cm³/mol. The molecular weight excluding hydrogens is 354 g/mol. The van der Waals surface area contributed by atoms with E-state index in [2.05, 4.69) is 15.3 Å². The molecule has 0 aliphatic heterocycles. The summed E-state index contributed by atoms with van der Waals surface area (Å²) in [7, 11) is 1.82. The van der Waals surface area contributed by atoms with Gasteiger partial charge >= 0.3 is 0 Å². The van der Waals surface area contributed by atoms with E-state index in [0.717, 1.165) is 16.4 Å². The molecular formula is C17H19N5OS2. The van der Waals surface area contributed by atoms with Crippen LogP contribution in [0.25, 0.3) is 5.82 Å². The smallest absolute Gasteiger partial charge is 0.233 e. The van der Waals surface area contributed by atoms with Crippen LogP contribution in [0, 0.1) is 13.8 Å². The fraction of sp³-hybridized carbons (Fsp3) is 0.294. The lowest BCUT2D eigenvalue weighted by Crippen LogP contribution is -2.27. The van der Waals surface area contributed by atoms with Gasteiger partial charge in [-0.3, -0.25) is 4.79 Å². The third-order valence-electron chi connectivity index (χ3n) is 3.59. The van der Waals surface area contributed by atoms with Crippen molar-refractivity contribution in [2.75, 3.05) is 12.8 Å². The standard InChI is InChI=1S/C17H19N5OS2/c1-12-9-13(2)22(20-12)15-6-7-16(19-18-15)25-11-17(23)21(3)10-14-5-4-8-24-14/h4-9H,10-11H2,1-3H3. The maximum Gasteiger partial charge on any atom is 0.233 e. The Labute approximate surface area is 154 Å². The Morgan fingerprint density at radius 2 is 2.12 bits per heavy atom. The summed E-state index contributed by atoms with van der Waals surface area (Å²) in [5.41, 5.74) is 1.95. The minimum absolute atomic E-state index is 0.0721. The van der Waals surface area contributed by atoms with Crippen LogP contribution < -0.4 is 0 Å². The van der Waals surface area contributed by atoms with Crippen molar-refractivity contribution in [2.45, 2.75) is 25.4 Å². The summed E-state index contributed by atoms with van der Waals surface area (Å²) in [5, 5.41) is 15.5. The first kappa shape index (κ1) is 17.6. The fourth-order valence-corrected chi connectivity index (χ4v) is 3.85. The highest BCUT2D eigenvalue weighted by Gasteiger charge is 2.12. The second-order valence-electron chi connectivity index (χ2n) is 5.69. The molecule has 0 N–H and O–H groups in total. The largest absolute Gasteiger partial charge is 0.340 e. The number of hydrogen-bond donors (Lipinski definition) is 0. The molecule has 0 saturated carbocycles. The minimum Gasteiger partial charge on any atom is -0.340 e. The molecule has 1 amide bonds. The Morgan fingerprint density at radius 3 is 2.72 bits per heavy atom. The monoisotopic (exact) mass is 373 g/mol. The Hall–Kier alpha value is -2.19. The molecule has 0 aromatic carbocycles. The number of thiophene rings is 1. The quantitative estimate of drug-likeness (QED) is 0.621. The molecule has 0 saturated heterocycles. The number of thioether (sulfide) groups is 1. The van der Waals surface area contributed by atoms with Crippen molar-refractivity contribution in [3.05, 3.63) is 52.0 Å². The van der Waals surface area contributed by atoms with Crippen molar-refractivity contribution in [2.24, 2.45) is 0 Å². The highest BCUT2D eigenvalue weighted by molar-refractivity contribution is 7.99. The van der Waals surface area contributed by atoms with Crippen LogP contribution in [0.2, 0.25) is 0 Å². The highest BCUT2D eigenvalue weighted by Crippen LogP contribution is 2.18. The van der Waals surface area contributed by atoms with E-state index in [4.69, 9.17) is 0 Å². The number of carbonyl (C=O) groups is 1. The SMILES string of the molecule is Cc1cc(C)n(-c2ccc(SCC(=O)N(C)Cc3cccs3)nn2)n1. The van der Waals surface area contributed by atoms with E-state index < -0.39 is 0 Å². The minimum atomic E-state index is 0.0721. The van der Waals surface area contributed by atoms with Crippen LogP contribution in [0.15, 0.2) is 40.7 Å². The molecule has 3 aromatic rings.